The molecule has 0 rings (SSSR count). The lowest BCUT2D eigenvalue weighted by molar-refractivity contribution is -0.109. The molecule has 0 aliphatic carbocycles. The fraction of sp³-hybridized carbons (Fsp3) is 0.750. The van der Waals surface area contributed by atoms with E-state index in [0.29, 0.717) is 0 Å². The zero-order chi connectivity index (χ0) is 8.20. The maximum atomic E-state index is 11.0. The van der Waals surface area contributed by atoms with E-state index in [9.17, 15) is 9.36 Å². The summed E-state index contributed by atoms with van der Waals surface area (Å²) >= 11 is 4.95. The van der Waals surface area contributed by atoms with Crippen LogP contribution in [0, 0.1) is 0 Å². The molecule has 0 amide bonds. The highest BCUT2D eigenvalue weighted by Gasteiger charge is 2.23. The fourth-order valence-electron chi connectivity index (χ4n) is 0.356. The molecule has 0 aromatic heterocycles. The maximum absolute atomic E-state index is 11.0. The van der Waals surface area contributed by atoms with Crippen LogP contribution in [0.4, 0.5) is 0 Å². The van der Waals surface area contributed by atoms with E-state index in [2.05, 4.69) is 9.05 Å². The van der Waals surface area contributed by atoms with E-state index in [1.807, 2.05) is 0 Å². The highest BCUT2D eigenvalue weighted by Crippen LogP contribution is 2.46. The first-order valence-corrected chi connectivity index (χ1v) is 4.53. The first-order valence-electron chi connectivity index (χ1n) is 2.43. The van der Waals surface area contributed by atoms with E-state index in [0.717, 1.165) is 0 Å². The summed E-state index contributed by atoms with van der Waals surface area (Å²) in [5, 5.41) is -0.730. The van der Waals surface area contributed by atoms with Gasteiger partial charge in [-0.15, -0.1) is 0 Å². The van der Waals surface area contributed by atoms with Crippen LogP contribution in [0.2, 0.25) is 0 Å². The van der Waals surface area contributed by atoms with Gasteiger partial charge in [-0.1, -0.05) is 0 Å². The van der Waals surface area contributed by atoms with Crippen molar-refractivity contribution in [2.75, 3.05) is 20.4 Å². The minimum Gasteiger partial charge on any atom is -0.312 e. The molecule has 0 aromatic rings. The molecule has 0 saturated heterocycles. The molecule has 0 bridgehead atoms. The Balaban J connectivity index is 4.07. The molecule has 6 heteroatoms. The predicted molar refractivity (Wildman–Crippen MR) is 37.4 cm³/mol. The first kappa shape index (κ1) is 10.1. The predicted octanol–water partition coefficient (Wildman–Crippen LogP) is 1.24. The van der Waals surface area contributed by atoms with Crippen LogP contribution >= 0.6 is 19.2 Å². The van der Waals surface area contributed by atoms with Crippen molar-refractivity contribution < 1.29 is 18.4 Å². The van der Waals surface area contributed by atoms with Gasteiger partial charge in [-0.25, -0.2) is 0 Å². The number of carbonyl (C=O) groups is 1. The molecule has 0 N–H and O–H groups in total. The molecular formula is C4H8ClO4P. The van der Waals surface area contributed by atoms with Gasteiger partial charge in [0.05, 0.1) is 0 Å². The molecule has 0 radical (unpaired) electrons. The molecule has 0 spiro atoms. The molecule has 0 aromatic carbocycles. The minimum atomic E-state index is -3.22. The molecule has 60 valence electrons. The van der Waals surface area contributed by atoms with Gasteiger partial charge in [0.1, 0.15) is 6.16 Å². The Morgan fingerprint density at radius 3 is 2.00 bits per heavy atom. The Morgan fingerprint density at radius 1 is 1.50 bits per heavy atom. The van der Waals surface area contributed by atoms with Crippen LogP contribution in [-0.4, -0.2) is 25.6 Å². The SMILES string of the molecule is COP(=O)(CC(=O)Cl)OC. The molecular weight excluding hydrogens is 178 g/mol. The van der Waals surface area contributed by atoms with Crippen LogP contribution in [0.5, 0.6) is 0 Å². The van der Waals surface area contributed by atoms with Gasteiger partial charge < -0.3 is 9.05 Å². The number of carbonyl (C=O) groups excluding carboxylic acids is 1. The summed E-state index contributed by atoms with van der Waals surface area (Å²) in [5.41, 5.74) is 0. The van der Waals surface area contributed by atoms with Gasteiger partial charge in [-0.2, -0.15) is 0 Å². The largest absolute Gasteiger partial charge is 0.338 e. The molecule has 0 saturated carbocycles. The molecule has 10 heavy (non-hydrogen) atoms. The summed E-state index contributed by atoms with van der Waals surface area (Å²) in [6, 6.07) is 0. The monoisotopic (exact) mass is 186 g/mol. The minimum absolute atomic E-state index is 0.387. The second-order valence-corrected chi connectivity index (χ2v) is 4.18. The number of halogens is 1. The Hall–Kier alpha value is 0.110. The van der Waals surface area contributed by atoms with Gasteiger partial charge in [0.15, 0.2) is 0 Å². The van der Waals surface area contributed by atoms with Crippen molar-refractivity contribution in [3.05, 3.63) is 0 Å². The first-order chi connectivity index (χ1) is 4.54. The molecule has 0 fully saturated rings. The van der Waals surface area contributed by atoms with Crippen molar-refractivity contribution in [3.8, 4) is 0 Å². The standard InChI is InChI=1S/C4H8ClO4P/c1-8-10(7,9-2)3-4(5)6/h3H2,1-2H3. The molecule has 4 nitrogen and oxygen atoms in total. The van der Waals surface area contributed by atoms with Crippen LogP contribution in [0.25, 0.3) is 0 Å². The number of hydrogen-bond donors (Lipinski definition) is 0. The average molecular weight is 187 g/mol. The third-order valence-corrected chi connectivity index (χ3v) is 2.98. The lowest BCUT2D eigenvalue weighted by Gasteiger charge is -2.09. The van der Waals surface area contributed by atoms with Gasteiger partial charge in [0.25, 0.3) is 0 Å². The van der Waals surface area contributed by atoms with Crippen molar-refractivity contribution in [1.82, 2.24) is 0 Å². The quantitative estimate of drug-likeness (QED) is 0.490. The van der Waals surface area contributed by atoms with Crippen LogP contribution < -0.4 is 0 Å². The fourth-order valence-corrected chi connectivity index (χ4v) is 1.51. The van der Waals surface area contributed by atoms with E-state index in [1.54, 1.807) is 0 Å². The zero-order valence-corrected chi connectivity index (χ0v) is 7.32. The third kappa shape index (κ3) is 3.32. The third-order valence-electron chi connectivity index (χ3n) is 0.874. The Kier molecular flexibility index (Phi) is 4.13. The Bertz CT molecular complexity index is 161. The van der Waals surface area contributed by atoms with Gasteiger partial charge in [-0.05, 0) is 11.6 Å². The summed E-state index contributed by atoms with van der Waals surface area (Å²) in [6.45, 7) is 0. The lowest BCUT2D eigenvalue weighted by Crippen LogP contribution is -2.00. The zero-order valence-electron chi connectivity index (χ0n) is 5.67. The molecule has 0 aliphatic rings. The van der Waals surface area contributed by atoms with Crippen molar-refractivity contribution in [3.63, 3.8) is 0 Å². The van der Waals surface area contributed by atoms with E-state index in [-0.39, 0.29) is 6.16 Å². The van der Waals surface area contributed by atoms with Crippen molar-refractivity contribution >= 4 is 24.4 Å². The van der Waals surface area contributed by atoms with Gasteiger partial charge >= 0.3 is 7.60 Å². The number of rotatable bonds is 4. The summed E-state index contributed by atoms with van der Waals surface area (Å²) in [6.07, 6.45) is -0.387. The van der Waals surface area contributed by atoms with Crippen LogP contribution in [0.15, 0.2) is 0 Å². The highest BCUT2D eigenvalue weighted by molar-refractivity contribution is 7.55. The second-order valence-electron chi connectivity index (χ2n) is 1.49. The summed E-state index contributed by atoms with van der Waals surface area (Å²) in [4.78, 5) is 10.2. The molecule has 0 aliphatic heterocycles. The van der Waals surface area contributed by atoms with Gasteiger partial charge in [0.2, 0.25) is 5.24 Å². The second kappa shape index (κ2) is 4.09. The highest BCUT2D eigenvalue weighted by atomic mass is 35.5. The van der Waals surface area contributed by atoms with Crippen LogP contribution in [-0.2, 0) is 18.4 Å². The normalized spacial score (nSPS) is 11.5. The van der Waals surface area contributed by atoms with Gasteiger partial charge in [-0.3, -0.25) is 9.36 Å². The molecule has 0 unspecified atom stereocenters. The van der Waals surface area contributed by atoms with Crippen LogP contribution in [0.1, 0.15) is 0 Å². The smallest absolute Gasteiger partial charge is 0.312 e. The van der Waals surface area contributed by atoms with Crippen LogP contribution in [0.3, 0.4) is 0 Å². The van der Waals surface area contributed by atoms with E-state index in [4.69, 9.17) is 11.6 Å². The topological polar surface area (TPSA) is 52.6 Å². The summed E-state index contributed by atoms with van der Waals surface area (Å²) in [7, 11) is -0.822. The molecule has 0 heterocycles. The van der Waals surface area contributed by atoms with Crippen molar-refractivity contribution in [2.45, 2.75) is 0 Å². The maximum Gasteiger partial charge on any atom is 0.338 e. The summed E-state index contributed by atoms with van der Waals surface area (Å²) < 4.78 is 19.9. The van der Waals surface area contributed by atoms with E-state index < -0.39 is 12.8 Å². The van der Waals surface area contributed by atoms with Crippen molar-refractivity contribution in [1.29, 1.82) is 0 Å². The number of hydrogen-bond acceptors (Lipinski definition) is 4. The molecule has 0 atom stereocenters. The van der Waals surface area contributed by atoms with Crippen molar-refractivity contribution in [2.24, 2.45) is 0 Å². The van der Waals surface area contributed by atoms with E-state index in [1.165, 1.54) is 14.2 Å². The Labute approximate surface area is 64.0 Å². The Morgan fingerprint density at radius 2 is 1.90 bits per heavy atom. The summed E-state index contributed by atoms with van der Waals surface area (Å²) in [5.74, 6) is 0. The average Bonchev–Trinajstić information content (AvgIpc) is 1.87. The lowest BCUT2D eigenvalue weighted by atomic mass is 10.9. The van der Waals surface area contributed by atoms with Gasteiger partial charge in [0, 0.05) is 14.2 Å². The van der Waals surface area contributed by atoms with E-state index >= 15 is 0 Å².